The summed E-state index contributed by atoms with van der Waals surface area (Å²) in [4.78, 5) is 21.6. The van der Waals surface area contributed by atoms with Gasteiger partial charge in [0.25, 0.3) is 0 Å². The quantitative estimate of drug-likeness (QED) is 0.538. The fraction of sp³-hybridized carbons (Fsp3) is 0.150. The van der Waals surface area contributed by atoms with Crippen molar-refractivity contribution in [3.63, 3.8) is 0 Å². The third-order valence-corrected chi connectivity index (χ3v) is 5.29. The fourth-order valence-electron chi connectivity index (χ4n) is 2.96. The van der Waals surface area contributed by atoms with Crippen LogP contribution in [0.3, 0.4) is 0 Å². The highest BCUT2D eigenvalue weighted by molar-refractivity contribution is 7.22. The molecule has 2 N–H and O–H groups in total. The number of ether oxygens (including phenoxy) is 1. The van der Waals surface area contributed by atoms with Gasteiger partial charge in [-0.05, 0) is 29.8 Å². The first-order chi connectivity index (χ1) is 13.6. The molecule has 8 heteroatoms. The number of hydrogen-bond donors (Lipinski definition) is 2. The number of rotatable bonds is 5. The van der Waals surface area contributed by atoms with Gasteiger partial charge in [-0.3, -0.25) is 5.32 Å². The number of benzene rings is 2. The highest BCUT2D eigenvalue weighted by Gasteiger charge is 2.22. The van der Waals surface area contributed by atoms with Crippen molar-refractivity contribution < 1.29 is 9.53 Å². The SMILES string of the molecule is COc1cccc(C(NC(=O)Nc2nc3ccccc3s2)c2nccn2C)c1. The summed E-state index contributed by atoms with van der Waals surface area (Å²) in [5.41, 5.74) is 1.73. The zero-order valence-electron chi connectivity index (χ0n) is 15.4. The van der Waals surface area contributed by atoms with Gasteiger partial charge in [0, 0.05) is 19.4 Å². The van der Waals surface area contributed by atoms with Gasteiger partial charge in [0.05, 0.1) is 17.3 Å². The molecule has 4 aromatic rings. The summed E-state index contributed by atoms with van der Waals surface area (Å²) in [6.07, 6.45) is 3.55. The molecule has 28 heavy (non-hydrogen) atoms. The molecule has 2 heterocycles. The van der Waals surface area contributed by atoms with E-state index in [1.807, 2.05) is 66.3 Å². The van der Waals surface area contributed by atoms with Gasteiger partial charge in [-0.15, -0.1) is 0 Å². The lowest BCUT2D eigenvalue weighted by molar-refractivity contribution is 0.249. The standard InChI is InChI=1S/C20H19N5O2S/c1-25-11-10-21-18(25)17(13-6-5-7-14(12-13)27-2)23-19(26)24-20-22-15-8-3-4-9-16(15)28-20/h3-12,17H,1-2H3,(H2,22,23,24,26). The van der Waals surface area contributed by atoms with E-state index in [2.05, 4.69) is 20.6 Å². The van der Waals surface area contributed by atoms with Crippen LogP contribution in [0.25, 0.3) is 10.2 Å². The fourth-order valence-corrected chi connectivity index (χ4v) is 3.82. The molecule has 1 unspecified atom stereocenters. The van der Waals surface area contributed by atoms with Crippen LogP contribution in [0, 0.1) is 0 Å². The molecule has 0 saturated carbocycles. The Morgan fingerprint density at radius 3 is 2.82 bits per heavy atom. The second-order valence-electron chi connectivity index (χ2n) is 6.19. The van der Waals surface area contributed by atoms with E-state index in [0.717, 1.165) is 15.8 Å². The first-order valence-corrected chi connectivity index (χ1v) is 9.50. The summed E-state index contributed by atoms with van der Waals surface area (Å²) < 4.78 is 8.22. The Labute approximate surface area is 166 Å². The van der Waals surface area contributed by atoms with Crippen molar-refractivity contribution >= 4 is 32.7 Å². The number of carbonyl (C=O) groups is 1. The molecule has 142 valence electrons. The summed E-state index contributed by atoms with van der Waals surface area (Å²) >= 11 is 1.43. The Hall–Kier alpha value is -3.39. The molecular weight excluding hydrogens is 374 g/mol. The molecule has 2 aromatic heterocycles. The largest absolute Gasteiger partial charge is 0.497 e. The van der Waals surface area contributed by atoms with Gasteiger partial charge in [0.15, 0.2) is 5.13 Å². The highest BCUT2D eigenvalue weighted by atomic mass is 32.1. The normalized spacial score (nSPS) is 11.9. The van der Waals surface area contributed by atoms with Gasteiger partial charge in [-0.25, -0.2) is 14.8 Å². The number of nitrogens with zero attached hydrogens (tertiary/aromatic N) is 3. The molecule has 0 saturated heterocycles. The lowest BCUT2D eigenvalue weighted by Crippen LogP contribution is -2.34. The molecule has 0 radical (unpaired) electrons. The smallest absolute Gasteiger partial charge is 0.321 e. The van der Waals surface area contributed by atoms with Crippen LogP contribution in [0.2, 0.25) is 0 Å². The maximum atomic E-state index is 12.7. The van der Waals surface area contributed by atoms with Crippen molar-refractivity contribution in [2.75, 3.05) is 12.4 Å². The van der Waals surface area contributed by atoms with E-state index in [1.165, 1.54) is 11.3 Å². The van der Waals surface area contributed by atoms with Gasteiger partial charge in [0.1, 0.15) is 17.6 Å². The second-order valence-corrected chi connectivity index (χ2v) is 7.22. The summed E-state index contributed by atoms with van der Waals surface area (Å²) in [6.45, 7) is 0. The van der Waals surface area contributed by atoms with Crippen LogP contribution < -0.4 is 15.4 Å². The van der Waals surface area contributed by atoms with Crippen LogP contribution >= 0.6 is 11.3 Å². The van der Waals surface area contributed by atoms with Crippen molar-refractivity contribution in [1.82, 2.24) is 19.9 Å². The Morgan fingerprint density at radius 2 is 2.07 bits per heavy atom. The van der Waals surface area contributed by atoms with Gasteiger partial charge >= 0.3 is 6.03 Å². The summed E-state index contributed by atoms with van der Waals surface area (Å²) in [5.74, 6) is 1.43. The van der Waals surface area contributed by atoms with Crippen molar-refractivity contribution in [2.45, 2.75) is 6.04 Å². The molecule has 2 amide bonds. The first kappa shape index (κ1) is 18.0. The lowest BCUT2D eigenvalue weighted by Gasteiger charge is -2.19. The van der Waals surface area contributed by atoms with Gasteiger partial charge in [-0.1, -0.05) is 35.6 Å². The molecule has 0 aliphatic carbocycles. The van der Waals surface area contributed by atoms with Gasteiger partial charge in [0.2, 0.25) is 0 Å². The van der Waals surface area contributed by atoms with Crippen LogP contribution in [-0.4, -0.2) is 27.7 Å². The minimum atomic E-state index is -0.440. The molecule has 4 rings (SSSR count). The number of thiazole rings is 1. The molecule has 2 aromatic carbocycles. The van der Waals surface area contributed by atoms with E-state index >= 15 is 0 Å². The van der Waals surface area contributed by atoms with Crippen LogP contribution in [0.15, 0.2) is 60.9 Å². The Balaban J connectivity index is 1.59. The topological polar surface area (TPSA) is 81.1 Å². The zero-order chi connectivity index (χ0) is 19.5. The molecule has 0 aliphatic rings. The number of aromatic nitrogens is 3. The molecule has 0 aliphatic heterocycles. The number of carbonyl (C=O) groups excluding carboxylic acids is 1. The maximum absolute atomic E-state index is 12.7. The number of urea groups is 1. The average Bonchev–Trinajstić information content (AvgIpc) is 3.31. The number of nitrogens with one attached hydrogen (secondary N) is 2. The number of amides is 2. The third-order valence-electron chi connectivity index (χ3n) is 4.33. The third kappa shape index (κ3) is 3.67. The minimum absolute atomic E-state index is 0.352. The van der Waals surface area contributed by atoms with Crippen molar-refractivity contribution in [3.05, 3.63) is 72.3 Å². The van der Waals surface area contributed by atoms with Crippen molar-refractivity contribution in [3.8, 4) is 5.75 Å². The number of para-hydroxylation sites is 1. The number of fused-ring (bicyclic) bond motifs is 1. The lowest BCUT2D eigenvalue weighted by atomic mass is 10.1. The molecule has 0 spiro atoms. The van der Waals surface area contributed by atoms with Crippen LogP contribution in [0.1, 0.15) is 17.4 Å². The predicted molar refractivity (Wildman–Crippen MR) is 110 cm³/mol. The highest BCUT2D eigenvalue weighted by Crippen LogP contribution is 2.27. The van der Waals surface area contributed by atoms with Gasteiger partial charge in [-0.2, -0.15) is 0 Å². The molecular formula is C20H19N5O2S. The maximum Gasteiger partial charge on any atom is 0.321 e. The Bertz CT molecular complexity index is 1090. The van der Waals surface area contributed by atoms with Crippen LogP contribution in [0.5, 0.6) is 5.75 Å². The predicted octanol–water partition coefficient (Wildman–Crippen LogP) is 3.95. The van der Waals surface area contributed by atoms with Crippen molar-refractivity contribution in [1.29, 1.82) is 0 Å². The van der Waals surface area contributed by atoms with E-state index < -0.39 is 6.04 Å². The molecule has 0 bridgehead atoms. The molecule has 1 atom stereocenters. The molecule has 0 fully saturated rings. The van der Waals surface area contributed by atoms with Crippen molar-refractivity contribution in [2.24, 2.45) is 7.05 Å². The average molecular weight is 393 g/mol. The zero-order valence-corrected chi connectivity index (χ0v) is 16.2. The van der Waals surface area contributed by atoms with E-state index in [0.29, 0.717) is 16.7 Å². The van der Waals surface area contributed by atoms with E-state index in [4.69, 9.17) is 4.74 Å². The monoisotopic (exact) mass is 393 g/mol. The summed E-state index contributed by atoms with van der Waals surface area (Å²) in [5, 5.41) is 6.37. The number of hydrogen-bond acceptors (Lipinski definition) is 5. The van der Waals surface area contributed by atoms with Crippen LogP contribution in [-0.2, 0) is 7.05 Å². The number of aryl methyl sites for hydroxylation is 1. The van der Waals surface area contributed by atoms with E-state index in [-0.39, 0.29) is 6.03 Å². The summed E-state index contributed by atoms with van der Waals surface area (Å²) in [7, 11) is 3.50. The van der Waals surface area contributed by atoms with E-state index in [9.17, 15) is 4.79 Å². The number of imidazole rings is 1. The number of anilines is 1. The van der Waals surface area contributed by atoms with E-state index in [1.54, 1.807) is 13.3 Å². The van der Waals surface area contributed by atoms with Gasteiger partial charge < -0.3 is 14.6 Å². The Morgan fingerprint density at radius 1 is 1.21 bits per heavy atom. The Kier molecular flexibility index (Phi) is 4.94. The second kappa shape index (κ2) is 7.69. The first-order valence-electron chi connectivity index (χ1n) is 8.68. The molecule has 7 nitrogen and oxygen atoms in total. The number of methoxy groups -OCH3 is 1. The minimum Gasteiger partial charge on any atom is -0.497 e. The summed E-state index contributed by atoms with van der Waals surface area (Å²) in [6, 6.07) is 14.5. The van der Waals surface area contributed by atoms with Crippen LogP contribution in [0.4, 0.5) is 9.93 Å².